The van der Waals surface area contributed by atoms with E-state index in [0.717, 1.165) is 17.7 Å². The third kappa shape index (κ3) is 5.59. The van der Waals surface area contributed by atoms with Crippen LogP contribution in [0.3, 0.4) is 0 Å². The Balaban J connectivity index is 1.45. The summed E-state index contributed by atoms with van der Waals surface area (Å²) in [5, 5.41) is 0. The van der Waals surface area contributed by atoms with E-state index in [-0.39, 0.29) is 12.4 Å². The van der Waals surface area contributed by atoms with Gasteiger partial charge in [-0.05, 0) is 36.8 Å². The molecule has 28 heavy (non-hydrogen) atoms. The summed E-state index contributed by atoms with van der Waals surface area (Å²) in [6.07, 6.45) is 7.57. The molecule has 148 valence electrons. The van der Waals surface area contributed by atoms with Crippen LogP contribution in [0.1, 0.15) is 61.4 Å². The van der Waals surface area contributed by atoms with Gasteiger partial charge in [0.15, 0.2) is 0 Å². The largest absolute Gasteiger partial charge is 0.494 e. The number of hydrogen-bond donors (Lipinski definition) is 0. The molecule has 0 spiro atoms. The van der Waals surface area contributed by atoms with Crippen LogP contribution in [0.5, 0.6) is 17.2 Å². The molecule has 0 bridgehead atoms. The maximum atomic E-state index is 12.3. The lowest BCUT2D eigenvalue weighted by atomic mass is 10.1. The molecule has 0 saturated heterocycles. The van der Waals surface area contributed by atoms with Gasteiger partial charge in [-0.15, -0.1) is 0 Å². The first-order valence-electron chi connectivity index (χ1n) is 9.94. The Labute approximate surface area is 165 Å². The van der Waals surface area contributed by atoms with Crippen molar-refractivity contribution >= 4 is 11.9 Å². The quantitative estimate of drug-likeness (QED) is 0.325. The van der Waals surface area contributed by atoms with Crippen molar-refractivity contribution < 1.29 is 23.8 Å². The predicted molar refractivity (Wildman–Crippen MR) is 106 cm³/mol. The Kier molecular flexibility index (Phi) is 7.06. The summed E-state index contributed by atoms with van der Waals surface area (Å²) in [5.74, 6) is 0.784. The van der Waals surface area contributed by atoms with Gasteiger partial charge in [0.25, 0.3) is 0 Å². The van der Waals surface area contributed by atoms with E-state index in [1.54, 1.807) is 42.5 Å². The summed E-state index contributed by atoms with van der Waals surface area (Å²) >= 11 is 0. The van der Waals surface area contributed by atoms with Crippen molar-refractivity contribution in [2.24, 2.45) is 0 Å². The average molecular weight is 382 g/mol. The van der Waals surface area contributed by atoms with Gasteiger partial charge in [0.2, 0.25) is 0 Å². The van der Waals surface area contributed by atoms with Crippen molar-refractivity contribution in [3.05, 3.63) is 53.6 Å². The SMILES string of the molecule is CCCCCCCCOc1ccc(C(=O)Oc2ccc3c(c2)OC(=O)C3)cc1. The lowest BCUT2D eigenvalue weighted by molar-refractivity contribution is -0.131. The minimum atomic E-state index is -0.466. The van der Waals surface area contributed by atoms with Crippen LogP contribution in [0.4, 0.5) is 0 Å². The Morgan fingerprint density at radius 1 is 0.964 bits per heavy atom. The minimum absolute atomic E-state index is 0.254. The smallest absolute Gasteiger partial charge is 0.343 e. The maximum Gasteiger partial charge on any atom is 0.343 e. The number of benzene rings is 2. The number of esters is 2. The number of fused-ring (bicyclic) bond motifs is 1. The summed E-state index contributed by atoms with van der Waals surface area (Å²) in [7, 11) is 0. The number of unbranched alkanes of at least 4 members (excludes halogenated alkanes) is 5. The van der Waals surface area contributed by atoms with Crippen molar-refractivity contribution in [3.8, 4) is 17.2 Å². The molecule has 2 aromatic rings. The van der Waals surface area contributed by atoms with Crippen molar-refractivity contribution in [1.29, 1.82) is 0 Å². The summed E-state index contributed by atoms with van der Waals surface area (Å²) in [4.78, 5) is 23.6. The zero-order chi connectivity index (χ0) is 19.8. The van der Waals surface area contributed by atoms with Crippen LogP contribution in [0.2, 0.25) is 0 Å². The first kappa shape index (κ1) is 19.9. The fourth-order valence-electron chi connectivity index (χ4n) is 3.08. The second kappa shape index (κ2) is 9.93. The highest BCUT2D eigenvalue weighted by Gasteiger charge is 2.21. The summed E-state index contributed by atoms with van der Waals surface area (Å²) < 4.78 is 16.2. The minimum Gasteiger partial charge on any atom is -0.494 e. The van der Waals surface area contributed by atoms with Gasteiger partial charge >= 0.3 is 11.9 Å². The first-order valence-corrected chi connectivity index (χ1v) is 9.94. The van der Waals surface area contributed by atoms with Gasteiger partial charge in [-0.25, -0.2) is 4.79 Å². The van der Waals surface area contributed by atoms with Gasteiger partial charge in [-0.3, -0.25) is 4.79 Å². The van der Waals surface area contributed by atoms with E-state index in [9.17, 15) is 9.59 Å². The van der Waals surface area contributed by atoms with Crippen LogP contribution in [-0.4, -0.2) is 18.5 Å². The molecule has 1 aliphatic rings. The lowest BCUT2D eigenvalue weighted by Crippen LogP contribution is -2.08. The molecule has 0 unspecified atom stereocenters. The van der Waals surface area contributed by atoms with Crippen LogP contribution in [0, 0.1) is 0 Å². The monoisotopic (exact) mass is 382 g/mol. The van der Waals surface area contributed by atoms with E-state index in [1.165, 1.54) is 32.1 Å². The van der Waals surface area contributed by atoms with Gasteiger partial charge in [-0.2, -0.15) is 0 Å². The van der Waals surface area contributed by atoms with Gasteiger partial charge in [-0.1, -0.05) is 45.1 Å². The second-order valence-corrected chi connectivity index (χ2v) is 6.95. The van der Waals surface area contributed by atoms with Crippen LogP contribution in [0.15, 0.2) is 42.5 Å². The van der Waals surface area contributed by atoms with E-state index in [2.05, 4.69) is 6.92 Å². The molecule has 1 heterocycles. The topological polar surface area (TPSA) is 61.8 Å². The van der Waals surface area contributed by atoms with E-state index >= 15 is 0 Å². The number of carbonyl (C=O) groups is 2. The highest BCUT2D eigenvalue weighted by atomic mass is 16.5. The molecular weight excluding hydrogens is 356 g/mol. The molecule has 3 rings (SSSR count). The fourth-order valence-corrected chi connectivity index (χ4v) is 3.08. The molecule has 1 aliphatic heterocycles. The third-order valence-electron chi connectivity index (χ3n) is 4.66. The van der Waals surface area contributed by atoms with Crippen molar-refractivity contribution in [2.45, 2.75) is 51.9 Å². The van der Waals surface area contributed by atoms with Crippen LogP contribution >= 0.6 is 0 Å². The highest BCUT2D eigenvalue weighted by molar-refractivity contribution is 5.91. The van der Waals surface area contributed by atoms with Gasteiger partial charge in [0.05, 0.1) is 18.6 Å². The molecule has 0 aliphatic carbocycles. The molecule has 0 fully saturated rings. The van der Waals surface area contributed by atoms with E-state index in [1.807, 2.05) is 0 Å². The second-order valence-electron chi connectivity index (χ2n) is 6.95. The molecule has 0 saturated carbocycles. The normalized spacial score (nSPS) is 12.4. The van der Waals surface area contributed by atoms with E-state index < -0.39 is 5.97 Å². The fraction of sp³-hybridized carbons (Fsp3) is 0.391. The lowest BCUT2D eigenvalue weighted by Gasteiger charge is -2.08. The van der Waals surface area contributed by atoms with Crippen LogP contribution in [-0.2, 0) is 11.2 Å². The predicted octanol–water partition coefficient (Wildman–Crippen LogP) is 5.11. The molecule has 0 atom stereocenters. The Morgan fingerprint density at radius 3 is 2.46 bits per heavy atom. The Morgan fingerprint density at radius 2 is 1.68 bits per heavy atom. The third-order valence-corrected chi connectivity index (χ3v) is 4.66. The number of carbonyl (C=O) groups excluding carboxylic acids is 2. The van der Waals surface area contributed by atoms with Crippen LogP contribution < -0.4 is 14.2 Å². The van der Waals surface area contributed by atoms with Gasteiger partial charge in [0.1, 0.15) is 17.2 Å². The molecule has 5 heteroatoms. The standard InChI is InChI=1S/C23H26O5/c1-2-3-4-5-6-7-14-26-19-11-8-17(9-12-19)23(25)27-20-13-10-18-15-22(24)28-21(18)16-20/h8-13,16H,2-7,14-15H2,1H3. The molecule has 0 radical (unpaired) electrons. The van der Waals surface area contributed by atoms with E-state index in [4.69, 9.17) is 14.2 Å². The van der Waals surface area contributed by atoms with Gasteiger partial charge < -0.3 is 14.2 Å². The zero-order valence-electron chi connectivity index (χ0n) is 16.2. The number of rotatable bonds is 10. The Hall–Kier alpha value is -2.82. The number of hydrogen-bond acceptors (Lipinski definition) is 5. The molecule has 0 amide bonds. The van der Waals surface area contributed by atoms with Crippen LogP contribution in [0.25, 0.3) is 0 Å². The molecule has 0 aromatic heterocycles. The summed E-state index contributed by atoms with van der Waals surface area (Å²) in [6.45, 7) is 2.90. The highest BCUT2D eigenvalue weighted by Crippen LogP contribution is 2.30. The maximum absolute atomic E-state index is 12.3. The summed E-state index contributed by atoms with van der Waals surface area (Å²) in [5.41, 5.74) is 1.24. The zero-order valence-corrected chi connectivity index (χ0v) is 16.2. The molecule has 2 aromatic carbocycles. The molecule has 5 nitrogen and oxygen atoms in total. The van der Waals surface area contributed by atoms with Crippen molar-refractivity contribution in [2.75, 3.05) is 6.61 Å². The van der Waals surface area contributed by atoms with E-state index in [0.29, 0.717) is 23.7 Å². The van der Waals surface area contributed by atoms with Gasteiger partial charge in [0, 0.05) is 11.6 Å². The molecule has 0 N–H and O–H groups in total. The Bertz CT molecular complexity index is 810. The number of ether oxygens (including phenoxy) is 3. The van der Waals surface area contributed by atoms with Crippen molar-refractivity contribution in [1.82, 2.24) is 0 Å². The molecular formula is C23H26O5. The average Bonchev–Trinajstić information content (AvgIpc) is 3.07. The first-order chi connectivity index (χ1) is 13.7. The van der Waals surface area contributed by atoms with Crippen molar-refractivity contribution in [3.63, 3.8) is 0 Å². The summed E-state index contributed by atoms with van der Waals surface area (Å²) in [6, 6.07) is 11.9.